The van der Waals surface area contributed by atoms with Gasteiger partial charge in [0.05, 0.1) is 41.5 Å². The number of carbonyl (C=O) groups excluding carboxylic acids is 1. The molecule has 4 heterocycles. The summed E-state index contributed by atoms with van der Waals surface area (Å²) >= 11 is 0. The summed E-state index contributed by atoms with van der Waals surface area (Å²) in [6, 6.07) is 30.8. The van der Waals surface area contributed by atoms with Crippen molar-refractivity contribution in [2.75, 3.05) is 24.1 Å². The fourth-order valence-corrected chi connectivity index (χ4v) is 5.89. The molecular formula is C34H26N6O4. The number of hydrogen-bond acceptors (Lipinski definition) is 9. The third-order valence-electron chi connectivity index (χ3n) is 7.92. The monoisotopic (exact) mass is 582 g/mol. The lowest BCUT2D eigenvalue weighted by Crippen LogP contribution is -2.46. The van der Waals surface area contributed by atoms with Crippen LogP contribution in [-0.4, -0.2) is 41.3 Å². The van der Waals surface area contributed by atoms with Gasteiger partial charge in [-0.2, -0.15) is 5.10 Å². The zero-order valence-electron chi connectivity index (χ0n) is 23.9. The third kappa shape index (κ3) is 4.10. The van der Waals surface area contributed by atoms with Crippen LogP contribution < -0.4 is 19.7 Å². The van der Waals surface area contributed by atoms with E-state index < -0.39 is 0 Å². The van der Waals surface area contributed by atoms with Crippen molar-refractivity contribution in [2.45, 2.75) is 13.0 Å². The molecular weight excluding hydrogens is 556 g/mol. The van der Waals surface area contributed by atoms with Gasteiger partial charge in [-0.15, -0.1) is 0 Å². The summed E-state index contributed by atoms with van der Waals surface area (Å²) in [4.78, 5) is 24.8. The number of esters is 1. The number of ether oxygens (including phenoxy) is 3. The second-order valence-electron chi connectivity index (χ2n) is 10.5. The highest BCUT2D eigenvalue weighted by molar-refractivity contribution is 6.51. The van der Waals surface area contributed by atoms with Crippen LogP contribution in [-0.2, 0) is 4.74 Å². The predicted octanol–water partition coefficient (Wildman–Crippen LogP) is 6.49. The smallest absolute Gasteiger partial charge is 0.337 e. The van der Waals surface area contributed by atoms with Crippen LogP contribution in [0.3, 0.4) is 0 Å². The Hall–Kier alpha value is -5.90. The molecule has 4 aromatic carbocycles. The lowest BCUT2D eigenvalue weighted by molar-refractivity contribution is 0.0600. The predicted molar refractivity (Wildman–Crippen MR) is 167 cm³/mol. The standard InChI is InChI=1S/C34H26N6O4/c1-20-29-30(21-12-14-22(15-13-21)34(41)42-2)39-26-11-7-6-10-25(26)36-31(35-23-16-17-27-28(18-23)44-19-43-27)33(39)37-32(29)40(38-20)24-8-4-3-5-9-24/h3-18,30H,19H2,1-2H3,(H,35,36). The fourth-order valence-electron chi connectivity index (χ4n) is 5.89. The summed E-state index contributed by atoms with van der Waals surface area (Å²) in [6.45, 7) is 2.19. The Morgan fingerprint density at radius 1 is 0.909 bits per heavy atom. The topological polar surface area (TPSA) is 103 Å². The number of nitrogens with zero attached hydrogens (tertiary/aromatic N) is 5. The first kappa shape index (κ1) is 25.8. The molecule has 0 spiro atoms. The molecule has 10 heteroatoms. The Balaban J connectivity index is 1.34. The Labute approximate surface area is 252 Å². The van der Waals surface area contributed by atoms with E-state index in [9.17, 15) is 4.79 Å². The van der Waals surface area contributed by atoms with Crippen LogP contribution >= 0.6 is 0 Å². The first-order valence-corrected chi connectivity index (χ1v) is 14.1. The number of methoxy groups -OCH3 is 1. The summed E-state index contributed by atoms with van der Waals surface area (Å²) in [6.07, 6.45) is 0. The summed E-state index contributed by atoms with van der Waals surface area (Å²) < 4.78 is 18.0. The van der Waals surface area contributed by atoms with E-state index in [0.717, 1.165) is 39.6 Å². The second kappa shape index (κ2) is 10.1. The Bertz CT molecular complexity index is 2000. The van der Waals surface area contributed by atoms with Crippen molar-refractivity contribution in [3.63, 3.8) is 0 Å². The van der Waals surface area contributed by atoms with Gasteiger partial charge in [0.15, 0.2) is 29.0 Å². The first-order valence-electron chi connectivity index (χ1n) is 14.1. The normalized spacial score (nSPS) is 15.9. The molecule has 10 nitrogen and oxygen atoms in total. The number of aromatic nitrogens is 2. The van der Waals surface area contributed by atoms with E-state index in [1.54, 1.807) is 12.1 Å². The van der Waals surface area contributed by atoms with Crippen LogP contribution in [0.2, 0.25) is 0 Å². The number of rotatable bonds is 4. The van der Waals surface area contributed by atoms with Crippen molar-refractivity contribution in [1.82, 2.24) is 9.78 Å². The van der Waals surface area contributed by atoms with E-state index in [-0.39, 0.29) is 18.8 Å². The molecule has 0 aliphatic carbocycles. The molecule has 8 rings (SSSR count). The number of carbonyl (C=O) groups is 1. The zero-order chi connectivity index (χ0) is 29.8. The Kier molecular flexibility index (Phi) is 5.93. The minimum atomic E-state index is -0.387. The van der Waals surface area contributed by atoms with Crippen LogP contribution in [0.15, 0.2) is 107 Å². The van der Waals surface area contributed by atoms with Gasteiger partial charge in [-0.1, -0.05) is 42.5 Å². The highest BCUT2D eigenvalue weighted by Crippen LogP contribution is 2.48. The molecule has 0 saturated heterocycles. The van der Waals surface area contributed by atoms with Gasteiger partial charge in [0.1, 0.15) is 0 Å². The lowest BCUT2D eigenvalue weighted by atomic mass is 9.92. The third-order valence-corrected chi connectivity index (χ3v) is 7.92. The molecule has 1 unspecified atom stereocenters. The highest BCUT2D eigenvalue weighted by Gasteiger charge is 2.41. The fraction of sp³-hybridized carbons (Fsp3) is 0.118. The molecule has 0 bridgehead atoms. The van der Waals surface area contributed by atoms with Gasteiger partial charge in [-0.05, 0) is 61.0 Å². The molecule has 216 valence electrons. The average molecular weight is 583 g/mol. The number of para-hydroxylation sites is 3. The minimum Gasteiger partial charge on any atom is -0.465 e. The van der Waals surface area contributed by atoms with Gasteiger partial charge in [0, 0.05) is 17.3 Å². The van der Waals surface area contributed by atoms with E-state index in [0.29, 0.717) is 34.6 Å². The van der Waals surface area contributed by atoms with Gasteiger partial charge in [0.2, 0.25) is 6.79 Å². The summed E-state index contributed by atoms with van der Waals surface area (Å²) in [7, 11) is 1.38. The molecule has 0 saturated carbocycles. The number of hydrogen-bond donors (Lipinski definition) is 1. The summed E-state index contributed by atoms with van der Waals surface area (Å²) in [5, 5.41) is 8.48. The molecule has 5 aromatic rings. The van der Waals surface area contributed by atoms with Crippen molar-refractivity contribution in [2.24, 2.45) is 9.98 Å². The maximum atomic E-state index is 12.3. The van der Waals surface area contributed by atoms with E-state index in [4.69, 9.17) is 29.3 Å². The van der Waals surface area contributed by atoms with Gasteiger partial charge in [-0.3, -0.25) is 0 Å². The maximum Gasteiger partial charge on any atom is 0.337 e. The minimum absolute atomic E-state index is 0.190. The zero-order valence-corrected chi connectivity index (χ0v) is 23.9. The first-order chi connectivity index (χ1) is 21.6. The molecule has 1 aromatic heterocycles. The number of fused-ring (bicyclic) bond motifs is 5. The number of anilines is 2. The number of aliphatic imine (C=N–C) groups is 2. The summed E-state index contributed by atoms with van der Waals surface area (Å²) in [5.74, 6) is 2.89. The summed E-state index contributed by atoms with van der Waals surface area (Å²) in [5.41, 5.74) is 6.62. The van der Waals surface area contributed by atoms with Crippen molar-refractivity contribution in [3.8, 4) is 17.2 Å². The second-order valence-corrected chi connectivity index (χ2v) is 10.5. The van der Waals surface area contributed by atoms with Gasteiger partial charge < -0.3 is 24.4 Å². The number of amidine groups is 2. The quantitative estimate of drug-likeness (QED) is 0.242. The lowest BCUT2D eigenvalue weighted by Gasteiger charge is -2.40. The number of benzene rings is 4. The van der Waals surface area contributed by atoms with Crippen LogP contribution in [0.5, 0.6) is 11.5 Å². The Morgan fingerprint density at radius 2 is 1.68 bits per heavy atom. The molecule has 1 N–H and O–H groups in total. The maximum absolute atomic E-state index is 12.3. The SMILES string of the molecule is COC(=O)c1ccc(C2c3c(C)nn(-c4ccccc4)c3N=C3C(Nc4ccc5c(c4)OCO5)=Nc4ccccc4N32)cc1. The highest BCUT2D eigenvalue weighted by atomic mass is 16.7. The molecule has 1 atom stereocenters. The van der Waals surface area contributed by atoms with E-state index in [2.05, 4.69) is 10.2 Å². The van der Waals surface area contributed by atoms with Gasteiger partial charge in [0.25, 0.3) is 0 Å². The van der Waals surface area contributed by atoms with Gasteiger partial charge >= 0.3 is 5.97 Å². The largest absolute Gasteiger partial charge is 0.465 e. The molecule has 0 amide bonds. The molecule has 3 aliphatic rings. The number of aryl methyl sites for hydroxylation is 1. The number of nitrogens with one attached hydrogen (secondary N) is 1. The average Bonchev–Trinajstić information content (AvgIpc) is 3.68. The van der Waals surface area contributed by atoms with Gasteiger partial charge in [-0.25, -0.2) is 19.5 Å². The van der Waals surface area contributed by atoms with Crippen LogP contribution in [0.25, 0.3) is 5.69 Å². The van der Waals surface area contributed by atoms with E-state index >= 15 is 0 Å². The van der Waals surface area contributed by atoms with Crippen molar-refractivity contribution in [3.05, 3.63) is 119 Å². The Morgan fingerprint density at radius 3 is 2.50 bits per heavy atom. The molecule has 3 aliphatic heterocycles. The van der Waals surface area contributed by atoms with E-state index in [1.807, 2.05) is 96.5 Å². The van der Waals surface area contributed by atoms with Crippen LogP contribution in [0.4, 0.5) is 22.9 Å². The molecule has 44 heavy (non-hydrogen) atoms. The van der Waals surface area contributed by atoms with E-state index in [1.165, 1.54) is 7.11 Å². The van der Waals surface area contributed by atoms with Crippen molar-refractivity contribution in [1.29, 1.82) is 0 Å². The van der Waals surface area contributed by atoms with Crippen LogP contribution in [0, 0.1) is 6.92 Å². The molecule has 0 fully saturated rings. The van der Waals surface area contributed by atoms with Crippen molar-refractivity contribution < 1.29 is 19.0 Å². The molecule has 0 radical (unpaired) electrons. The van der Waals surface area contributed by atoms with Crippen LogP contribution in [0.1, 0.15) is 33.2 Å². The van der Waals surface area contributed by atoms with Crippen molar-refractivity contribution >= 4 is 40.5 Å².